The van der Waals surface area contributed by atoms with Crippen LogP contribution in [0.25, 0.3) is 0 Å². The second-order valence-corrected chi connectivity index (χ2v) is 6.03. The Morgan fingerprint density at radius 1 is 1.26 bits per heavy atom. The van der Waals surface area contributed by atoms with Gasteiger partial charge in [-0.2, -0.15) is 0 Å². The van der Waals surface area contributed by atoms with Crippen molar-refractivity contribution in [2.75, 3.05) is 11.9 Å². The Kier molecular flexibility index (Phi) is 8.74. The van der Waals surface area contributed by atoms with Gasteiger partial charge in [0.2, 0.25) is 0 Å². The second-order valence-electron chi connectivity index (χ2n) is 5.62. The summed E-state index contributed by atoms with van der Waals surface area (Å²) >= 11 is 5.88. The molecule has 2 N–H and O–H groups in total. The molecule has 0 aliphatic heterocycles. The number of hydrogen-bond donors (Lipinski definition) is 2. The molecule has 9 heteroatoms. The highest BCUT2D eigenvalue weighted by atomic mass is 35.5. The number of esters is 2. The highest BCUT2D eigenvalue weighted by Crippen LogP contribution is 2.25. The fourth-order valence-corrected chi connectivity index (χ4v) is 2.16. The third kappa shape index (κ3) is 7.26. The van der Waals surface area contributed by atoms with E-state index in [1.807, 2.05) is 0 Å². The van der Waals surface area contributed by atoms with Gasteiger partial charge in [0.05, 0.1) is 29.0 Å². The minimum Gasteiger partial charge on any atom is -0.463 e. The van der Waals surface area contributed by atoms with Gasteiger partial charge in [0.25, 0.3) is 0 Å². The predicted molar refractivity (Wildman–Crippen MR) is 99.1 cm³/mol. The Labute approximate surface area is 161 Å². The number of carbonyl (C=O) groups is 3. The standard InChI is InChI=1S/C18H22ClFN2O5/c1-5-11(7-16(23)26-6-2)21-18(25)22-15-8-12(13(19)9-14(15)20)17(24)27-10(3)4/h7-10H,5-6H2,1-4H3,(H2,21,22,25)/b11-7+. The number of rotatable bonds is 7. The number of benzene rings is 1. The van der Waals surface area contributed by atoms with E-state index in [0.717, 1.165) is 18.2 Å². The molecule has 0 aliphatic rings. The molecule has 0 fully saturated rings. The van der Waals surface area contributed by atoms with Crippen LogP contribution in [0.4, 0.5) is 14.9 Å². The van der Waals surface area contributed by atoms with Gasteiger partial charge in [-0.3, -0.25) is 0 Å². The zero-order valence-electron chi connectivity index (χ0n) is 15.5. The third-order valence-corrected chi connectivity index (χ3v) is 3.41. The maximum atomic E-state index is 14.1. The van der Waals surface area contributed by atoms with Crippen LogP contribution >= 0.6 is 11.6 Å². The summed E-state index contributed by atoms with van der Waals surface area (Å²) in [6, 6.07) is 1.20. The normalized spacial score (nSPS) is 11.1. The number of urea groups is 1. The Balaban J connectivity index is 2.95. The van der Waals surface area contributed by atoms with Crippen LogP contribution in [0.2, 0.25) is 5.02 Å². The van der Waals surface area contributed by atoms with Crippen molar-refractivity contribution in [3.05, 3.63) is 40.3 Å². The minimum absolute atomic E-state index is 0.0835. The van der Waals surface area contributed by atoms with E-state index < -0.39 is 29.9 Å². The zero-order chi connectivity index (χ0) is 20.6. The summed E-state index contributed by atoms with van der Waals surface area (Å²) in [4.78, 5) is 35.6. The second kappa shape index (κ2) is 10.5. The molecule has 0 bridgehead atoms. The van der Waals surface area contributed by atoms with Gasteiger partial charge in [0.15, 0.2) is 0 Å². The summed E-state index contributed by atoms with van der Waals surface area (Å²) < 4.78 is 23.9. The van der Waals surface area contributed by atoms with Gasteiger partial charge in [-0.25, -0.2) is 18.8 Å². The van der Waals surface area contributed by atoms with Crippen LogP contribution in [0.5, 0.6) is 0 Å². The Hall–Kier alpha value is -2.61. The first-order chi connectivity index (χ1) is 12.7. The van der Waals surface area contributed by atoms with Gasteiger partial charge in [-0.05, 0) is 39.3 Å². The zero-order valence-corrected chi connectivity index (χ0v) is 16.3. The van der Waals surface area contributed by atoms with Crippen molar-refractivity contribution < 1.29 is 28.2 Å². The topological polar surface area (TPSA) is 93.7 Å². The molecule has 0 unspecified atom stereocenters. The molecule has 0 aromatic heterocycles. The molecule has 0 heterocycles. The van der Waals surface area contributed by atoms with Crippen LogP contribution in [-0.4, -0.2) is 30.7 Å². The van der Waals surface area contributed by atoms with Gasteiger partial charge in [0, 0.05) is 11.8 Å². The van der Waals surface area contributed by atoms with Gasteiger partial charge in [-0.1, -0.05) is 18.5 Å². The first-order valence-corrected chi connectivity index (χ1v) is 8.71. The SMILES string of the molecule is CCOC(=O)/C=C(\CC)NC(=O)Nc1cc(C(=O)OC(C)C)c(Cl)cc1F. The lowest BCUT2D eigenvalue weighted by Gasteiger charge is -2.13. The van der Waals surface area contributed by atoms with Crippen LogP contribution in [0.15, 0.2) is 23.9 Å². The number of amides is 2. The van der Waals surface area contributed by atoms with E-state index in [1.165, 1.54) is 0 Å². The van der Waals surface area contributed by atoms with Crippen LogP contribution < -0.4 is 10.6 Å². The molecule has 2 amide bonds. The van der Waals surface area contributed by atoms with Crippen molar-refractivity contribution >= 4 is 35.3 Å². The first kappa shape index (κ1) is 22.4. The van der Waals surface area contributed by atoms with E-state index in [0.29, 0.717) is 6.42 Å². The average molecular weight is 401 g/mol. The van der Waals surface area contributed by atoms with Gasteiger partial charge in [-0.15, -0.1) is 0 Å². The minimum atomic E-state index is -0.830. The highest BCUT2D eigenvalue weighted by molar-refractivity contribution is 6.33. The van der Waals surface area contributed by atoms with Crippen molar-refractivity contribution in [1.82, 2.24) is 5.32 Å². The number of hydrogen-bond acceptors (Lipinski definition) is 5. The lowest BCUT2D eigenvalue weighted by Crippen LogP contribution is -2.29. The average Bonchev–Trinajstić information content (AvgIpc) is 2.56. The van der Waals surface area contributed by atoms with Crippen molar-refractivity contribution in [3.8, 4) is 0 Å². The van der Waals surface area contributed by atoms with Gasteiger partial charge >= 0.3 is 18.0 Å². The quantitative estimate of drug-likeness (QED) is 0.532. The molecule has 0 saturated heterocycles. The number of ether oxygens (including phenoxy) is 2. The Morgan fingerprint density at radius 3 is 2.48 bits per heavy atom. The molecule has 0 atom stereocenters. The number of anilines is 1. The van der Waals surface area contributed by atoms with E-state index in [2.05, 4.69) is 10.6 Å². The lowest BCUT2D eigenvalue weighted by atomic mass is 10.2. The Morgan fingerprint density at radius 2 is 1.93 bits per heavy atom. The van der Waals surface area contributed by atoms with E-state index in [9.17, 15) is 18.8 Å². The lowest BCUT2D eigenvalue weighted by molar-refractivity contribution is -0.137. The molecule has 0 spiro atoms. The molecule has 1 aromatic carbocycles. The summed E-state index contributed by atoms with van der Waals surface area (Å²) in [5, 5.41) is 4.55. The van der Waals surface area contributed by atoms with E-state index in [1.54, 1.807) is 27.7 Å². The van der Waals surface area contributed by atoms with E-state index in [4.69, 9.17) is 21.1 Å². The molecule has 1 rings (SSSR count). The van der Waals surface area contributed by atoms with Crippen molar-refractivity contribution in [3.63, 3.8) is 0 Å². The predicted octanol–water partition coefficient (Wildman–Crippen LogP) is 4.02. The summed E-state index contributed by atoms with van der Waals surface area (Å²) in [7, 11) is 0. The number of carbonyl (C=O) groups excluding carboxylic acids is 3. The largest absolute Gasteiger partial charge is 0.463 e. The number of nitrogens with one attached hydrogen (secondary N) is 2. The molecule has 0 aliphatic carbocycles. The Bertz CT molecular complexity index is 750. The fraction of sp³-hybridized carbons (Fsp3) is 0.389. The van der Waals surface area contributed by atoms with Gasteiger partial charge in [0.1, 0.15) is 5.82 Å². The highest BCUT2D eigenvalue weighted by Gasteiger charge is 2.18. The third-order valence-electron chi connectivity index (χ3n) is 3.10. The van der Waals surface area contributed by atoms with Crippen LogP contribution in [-0.2, 0) is 14.3 Å². The molecule has 0 saturated carbocycles. The number of halogens is 2. The maximum absolute atomic E-state index is 14.1. The van der Waals surface area contributed by atoms with Crippen molar-refractivity contribution in [2.24, 2.45) is 0 Å². The molecule has 7 nitrogen and oxygen atoms in total. The summed E-state index contributed by atoms with van der Waals surface area (Å²) in [6.45, 7) is 6.88. The smallest absolute Gasteiger partial charge is 0.339 e. The van der Waals surface area contributed by atoms with Gasteiger partial charge < -0.3 is 20.1 Å². The molecule has 148 valence electrons. The van der Waals surface area contributed by atoms with Crippen molar-refractivity contribution in [2.45, 2.75) is 40.2 Å². The fourth-order valence-electron chi connectivity index (χ4n) is 1.93. The van der Waals surface area contributed by atoms with Crippen LogP contribution in [0, 0.1) is 5.82 Å². The van der Waals surface area contributed by atoms with Crippen LogP contribution in [0.3, 0.4) is 0 Å². The molecule has 1 aromatic rings. The van der Waals surface area contributed by atoms with E-state index >= 15 is 0 Å². The summed E-state index contributed by atoms with van der Waals surface area (Å²) in [5.74, 6) is -2.18. The van der Waals surface area contributed by atoms with Crippen LogP contribution in [0.1, 0.15) is 44.5 Å². The molecule has 0 radical (unpaired) electrons. The maximum Gasteiger partial charge on any atom is 0.339 e. The van der Waals surface area contributed by atoms with Crippen molar-refractivity contribution in [1.29, 1.82) is 0 Å². The first-order valence-electron chi connectivity index (χ1n) is 8.33. The number of allylic oxidation sites excluding steroid dienone is 1. The summed E-state index contributed by atoms with van der Waals surface area (Å²) in [5.41, 5.74) is -0.0706. The van der Waals surface area contributed by atoms with E-state index in [-0.39, 0.29) is 28.6 Å². The molecule has 27 heavy (non-hydrogen) atoms. The molecular formula is C18H22ClFN2O5. The summed E-state index contributed by atoms with van der Waals surface area (Å²) in [6.07, 6.45) is 1.08. The molecular weight excluding hydrogens is 379 g/mol. The monoisotopic (exact) mass is 400 g/mol.